The van der Waals surface area contributed by atoms with Gasteiger partial charge in [0.1, 0.15) is 0 Å². The third-order valence-electron chi connectivity index (χ3n) is 6.00. The van der Waals surface area contributed by atoms with E-state index in [9.17, 15) is 9.46 Å². The summed E-state index contributed by atoms with van der Waals surface area (Å²) in [6, 6.07) is 0. The van der Waals surface area contributed by atoms with Gasteiger partial charge >= 0.3 is 7.60 Å². The van der Waals surface area contributed by atoms with E-state index in [0.717, 1.165) is 12.8 Å². The number of nitrogens with zero attached hydrogens (tertiary/aromatic N) is 1. The van der Waals surface area contributed by atoms with Crippen LogP contribution in [0.4, 0.5) is 0 Å². The fraction of sp³-hybridized carbons (Fsp3) is 0.926. The molecule has 0 aliphatic heterocycles. The number of quaternary nitrogens is 1. The molecular weight excluding hydrogens is 417 g/mol. The van der Waals surface area contributed by atoms with Gasteiger partial charge in [0.15, 0.2) is 0 Å². The number of rotatable bonds is 24. The molecule has 0 amide bonds. The van der Waals surface area contributed by atoms with Gasteiger partial charge in [0.2, 0.25) is 0 Å². The summed E-state index contributed by atoms with van der Waals surface area (Å²) in [5.74, 6) is 0. The van der Waals surface area contributed by atoms with E-state index in [-0.39, 0.29) is 6.16 Å². The molecule has 0 fully saturated rings. The van der Waals surface area contributed by atoms with Crippen molar-refractivity contribution in [2.45, 2.75) is 122 Å². The molecule has 192 valence electrons. The molecule has 4 nitrogen and oxygen atoms in total. The quantitative estimate of drug-likeness (QED) is 0.0660. The Kier molecular flexibility index (Phi) is 21.3. The number of hydrogen-bond acceptors (Lipinski definition) is 2. The van der Waals surface area contributed by atoms with E-state index in [1.165, 1.54) is 103 Å². The molecule has 0 aliphatic rings. The van der Waals surface area contributed by atoms with Crippen LogP contribution in [0, 0.1) is 0 Å². The van der Waals surface area contributed by atoms with Crippen LogP contribution in [-0.4, -0.2) is 49.8 Å². The van der Waals surface area contributed by atoms with Crippen LogP contribution in [0.5, 0.6) is 0 Å². The monoisotopic (exact) mass is 474 g/mol. The summed E-state index contributed by atoms with van der Waals surface area (Å²) < 4.78 is 17.9. The molecule has 1 atom stereocenters. The van der Waals surface area contributed by atoms with Crippen LogP contribution < -0.4 is 0 Å². The third-order valence-corrected chi connectivity index (χ3v) is 7.35. The molecule has 1 unspecified atom stereocenters. The van der Waals surface area contributed by atoms with Crippen LogP contribution in [0.1, 0.15) is 122 Å². The topological polar surface area (TPSA) is 46.5 Å². The Hall–Kier alpha value is -0.150. The Bertz CT molecular complexity index is 474. The Morgan fingerprint density at radius 3 is 1.53 bits per heavy atom. The van der Waals surface area contributed by atoms with Crippen molar-refractivity contribution in [3.8, 4) is 0 Å². The van der Waals surface area contributed by atoms with Gasteiger partial charge in [-0.25, -0.2) is 0 Å². The van der Waals surface area contributed by atoms with Crippen molar-refractivity contribution in [3.63, 3.8) is 0 Å². The second-order valence-electron chi connectivity index (χ2n) is 10.6. The zero-order valence-electron chi connectivity index (χ0n) is 22.2. The summed E-state index contributed by atoms with van der Waals surface area (Å²) in [6.45, 7) is 3.35. The van der Waals surface area contributed by atoms with Gasteiger partial charge in [0.05, 0.1) is 40.5 Å². The van der Waals surface area contributed by atoms with Crippen LogP contribution in [-0.2, 0) is 9.09 Å². The number of hydrogen-bond donors (Lipinski definition) is 1. The maximum Gasteiger partial charge on any atom is 0.333 e. The minimum Gasteiger partial charge on any atom is -0.330 e. The van der Waals surface area contributed by atoms with Gasteiger partial charge in [0.25, 0.3) is 0 Å². The third kappa shape index (κ3) is 26.1. The van der Waals surface area contributed by atoms with Gasteiger partial charge in [-0.05, 0) is 32.1 Å². The first-order chi connectivity index (χ1) is 15.3. The molecule has 0 aromatic rings. The minimum atomic E-state index is -3.40. The lowest BCUT2D eigenvalue weighted by molar-refractivity contribution is -0.867. The van der Waals surface area contributed by atoms with Crippen LogP contribution in [0.2, 0.25) is 0 Å². The maximum atomic E-state index is 12.0. The summed E-state index contributed by atoms with van der Waals surface area (Å²) in [7, 11) is 2.67. The fourth-order valence-electron chi connectivity index (χ4n) is 3.75. The summed E-state index contributed by atoms with van der Waals surface area (Å²) >= 11 is 0. The predicted molar refractivity (Wildman–Crippen MR) is 141 cm³/mol. The highest BCUT2D eigenvalue weighted by atomic mass is 31.2. The van der Waals surface area contributed by atoms with Crippen molar-refractivity contribution in [2.75, 3.05) is 40.5 Å². The Morgan fingerprint density at radius 2 is 1.09 bits per heavy atom. The molecule has 0 bridgehead atoms. The lowest BCUT2D eigenvalue weighted by Crippen LogP contribution is -2.37. The van der Waals surface area contributed by atoms with Crippen molar-refractivity contribution in [2.24, 2.45) is 0 Å². The van der Waals surface area contributed by atoms with E-state index >= 15 is 0 Å². The molecule has 1 N–H and O–H groups in total. The Balaban J connectivity index is 3.28. The van der Waals surface area contributed by atoms with Gasteiger partial charge in [-0.15, -0.1) is 0 Å². The molecule has 32 heavy (non-hydrogen) atoms. The first-order valence-corrected chi connectivity index (χ1v) is 15.4. The van der Waals surface area contributed by atoms with Crippen LogP contribution in [0.3, 0.4) is 0 Å². The lowest BCUT2D eigenvalue weighted by atomic mass is 10.1. The maximum absolute atomic E-state index is 12.0. The van der Waals surface area contributed by atoms with Crippen molar-refractivity contribution < 1.29 is 18.5 Å². The molecule has 0 heterocycles. The molecule has 0 radical (unpaired) electrons. The predicted octanol–water partition coefficient (Wildman–Crippen LogP) is 8.49. The summed E-state index contributed by atoms with van der Waals surface area (Å²) in [5, 5.41) is 0. The van der Waals surface area contributed by atoms with E-state index in [2.05, 4.69) is 19.1 Å². The van der Waals surface area contributed by atoms with Crippen LogP contribution in [0.15, 0.2) is 12.2 Å². The van der Waals surface area contributed by atoms with Gasteiger partial charge in [-0.2, -0.15) is 0 Å². The first-order valence-electron chi connectivity index (χ1n) is 13.7. The first kappa shape index (κ1) is 31.9. The molecule has 0 aliphatic carbocycles. The Labute approximate surface area is 201 Å². The summed E-state index contributed by atoms with van der Waals surface area (Å²) in [4.78, 5) is 9.86. The van der Waals surface area contributed by atoms with Gasteiger partial charge < -0.3 is 13.9 Å². The molecule has 0 aromatic heterocycles. The van der Waals surface area contributed by atoms with Crippen LogP contribution >= 0.6 is 7.60 Å². The zero-order valence-corrected chi connectivity index (χ0v) is 23.1. The second kappa shape index (κ2) is 21.4. The van der Waals surface area contributed by atoms with Gasteiger partial charge in [-0.1, -0.05) is 103 Å². The van der Waals surface area contributed by atoms with E-state index in [1.807, 2.05) is 21.1 Å². The molecule has 0 saturated carbocycles. The molecule has 0 aromatic carbocycles. The number of unbranched alkanes of at least 4 members (excludes halogenated alkanes) is 16. The normalized spacial score (nSPS) is 14.3. The van der Waals surface area contributed by atoms with E-state index in [0.29, 0.717) is 17.6 Å². The van der Waals surface area contributed by atoms with E-state index in [4.69, 9.17) is 4.52 Å². The minimum absolute atomic E-state index is 0.242. The smallest absolute Gasteiger partial charge is 0.330 e. The highest BCUT2D eigenvalue weighted by molar-refractivity contribution is 7.52. The number of allylic oxidation sites excluding steroid dienone is 2. The summed E-state index contributed by atoms with van der Waals surface area (Å²) in [5.41, 5.74) is 0. The van der Waals surface area contributed by atoms with E-state index < -0.39 is 7.60 Å². The fourth-order valence-corrected chi connectivity index (χ4v) is 5.15. The average Bonchev–Trinajstić information content (AvgIpc) is 2.73. The SMILES string of the molecule is CCCCCCCC/C=C\CCCCCCCCCCCCOP(=O)(O)CC[N+](C)(C)C. The second-order valence-corrected chi connectivity index (χ2v) is 12.5. The average molecular weight is 475 g/mol. The van der Waals surface area contributed by atoms with Crippen molar-refractivity contribution in [1.82, 2.24) is 0 Å². The van der Waals surface area contributed by atoms with Crippen LogP contribution in [0.25, 0.3) is 0 Å². The standard InChI is InChI=1S/C27H56NO3P/c1-5-6-7-8-9-10-11-12-13-14-15-16-17-18-19-20-21-22-23-24-26-31-32(29,30)27-25-28(2,3)4/h12-13H,5-11,14-27H2,1-4H3/p+1/b13-12-. The molecule has 0 saturated heterocycles. The van der Waals surface area contributed by atoms with Gasteiger partial charge in [-0.3, -0.25) is 4.57 Å². The molecular formula is C27H57NO3P+. The molecule has 5 heteroatoms. The lowest BCUT2D eigenvalue weighted by Gasteiger charge is -2.24. The van der Waals surface area contributed by atoms with Crippen molar-refractivity contribution in [1.29, 1.82) is 0 Å². The summed E-state index contributed by atoms with van der Waals surface area (Å²) in [6.07, 6.45) is 28.5. The molecule has 0 rings (SSSR count). The van der Waals surface area contributed by atoms with E-state index in [1.54, 1.807) is 0 Å². The highest BCUT2D eigenvalue weighted by Gasteiger charge is 2.22. The van der Waals surface area contributed by atoms with Crippen molar-refractivity contribution >= 4 is 7.60 Å². The van der Waals surface area contributed by atoms with Crippen molar-refractivity contribution in [3.05, 3.63) is 12.2 Å². The highest BCUT2D eigenvalue weighted by Crippen LogP contribution is 2.41. The molecule has 0 spiro atoms. The van der Waals surface area contributed by atoms with Gasteiger partial charge in [0, 0.05) is 0 Å². The Morgan fingerprint density at radius 1 is 0.688 bits per heavy atom. The largest absolute Gasteiger partial charge is 0.333 e. The zero-order chi connectivity index (χ0) is 24.0.